The normalized spacial score (nSPS) is 28.0. The summed E-state index contributed by atoms with van der Waals surface area (Å²) < 4.78 is 13.9. The summed E-state index contributed by atoms with van der Waals surface area (Å²) in [6.45, 7) is 7.47. The highest BCUT2D eigenvalue weighted by molar-refractivity contribution is 5.76. The van der Waals surface area contributed by atoms with E-state index >= 15 is 0 Å². The zero-order chi connectivity index (χ0) is 19.0. The van der Waals surface area contributed by atoms with Crippen LogP contribution in [0, 0.1) is 18.7 Å². The molecule has 3 fully saturated rings. The summed E-state index contributed by atoms with van der Waals surface area (Å²) >= 11 is 0. The van der Waals surface area contributed by atoms with Gasteiger partial charge in [0.25, 0.3) is 0 Å². The summed E-state index contributed by atoms with van der Waals surface area (Å²) in [5, 5.41) is 0. The second kappa shape index (κ2) is 7.51. The summed E-state index contributed by atoms with van der Waals surface area (Å²) in [7, 11) is 2.21. The molecule has 1 amide bonds. The molecule has 1 atom stereocenters. The number of amides is 1. The van der Waals surface area contributed by atoms with Crippen LogP contribution < -0.4 is 0 Å². The first-order valence-electron chi connectivity index (χ1n) is 10.4. The van der Waals surface area contributed by atoms with E-state index in [-0.39, 0.29) is 11.4 Å². The first-order valence-corrected chi connectivity index (χ1v) is 10.4. The molecule has 5 heteroatoms. The number of piperazine rings is 1. The van der Waals surface area contributed by atoms with Crippen LogP contribution in [-0.2, 0) is 11.3 Å². The van der Waals surface area contributed by atoms with Crippen molar-refractivity contribution in [3.8, 4) is 0 Å². The number of benzene rings is 1. The molecule has 1 aromatic carbocycles. The molecule has 3 aliphatic rings. The van der Waals surface area contributed by atoms with E-state index in [4.69, 9.17) is 0 Å². The predicted octanol–water partition coefficient (Wildman–Crippen LogP) is 3.04. The molecule has 0 unspecified atom stereocenters. The molecule has 2 saturated heterocycles. The zero-order valence-electron chi connectivity index (χ0n) is 16.7. The average molecular weight is 374 g/mol. The van der Waals surface area contributed by atoms with E-state index in [0.717, 1.165) is 69.2 Å². The molecule has 2 aliphatic heterocycles. The Morgan fingerprint density at radius 1 is 1.19 bits per heavy atom. The Morgan fingerprint density at radius 2 is 2.00 bits per heavy atom. The van der Waals surface area contributed by atoms with Gasteiger partial charge in [-0.1, -0.05) is 12.1 Å². The fourth-order valence-corrected chi connectivity index (χ4v) is 4.78. The van der Waals surface area contributed by atoms with Crippen molar-refractivity contribution in [1.82, 2.24) is 14.7 Å². The number of hydrogen-bond acceptors (Lipinski definition) is 3. The van der Waals surface area contributed by atoms with E-state index < -0.39 is 0 Å². The average Bonchev–Trinajstić information content (AvgIpc) is 3.48. The van der Waals surface area contributed by atoms with Gasteiger partial charge in [0, 0.05) is 51.2 Å². The Kier molecular flexibility index (Phi) is 5.26. The predicted molar refractivity (Wildman–Crippen MR) is 105 cm³/mol. The number of halogens is 1. The minimum absolute atomic E-state index is 0.0629. The van der Waals surface area contributed by atoms with Crippen LogP contribution in [0.1, 0.15) is 43.2 Å². The van der Waals surface area contributed by atoms with Gasteiger partial charge in [-0.05, 0) is 62.8 Å². The Labute approximate surface area is 162 Å². The van der Waals surface area contributed by atoms with Gasteiger partial charge in [-0.2, -0.15) is 0 Å². The van der Waals surface area contributed by atoms with Gasteiger partial charge >= 0.3 is 0 Å². The smallest absolute Gasteiger partial charge is 0.222 e. The Balaban J connectivity index is 1.46. The summed E-state index contributed by atoms with van der Waals surface area (Å²) in [5.74, 6) is 0.969. The van der Waals surface area contributed by atoms with Crippen molar-refractivity contribution < 1.29 is 9.18 Å². The van der Waals surface area contributed by atoms with E-state index in [1.54, 1.807) is 0 Å². The maximum Gasteiger partial charge on any atom is 0.222 e. The SMILES string of the molecule is Cc1c(F)cccc1CN1CCN(C)[C@]2(CCC(=O)N(CC3CC3)CC2)C1. The molecular formula is C22H32FN3O. The summed E-state index contributed by atoms with van der Waals surface area (Å²) in [4.78, 5) is 19.7. The van der Waals surface area contributed by atoms with Crippen LogP contribution in [0.25, 0.3) is 0 Å². The van der Waals surface area contributed by atoms with Gasteiger partial charge in [-0.3, -0.25) is 14.6 Å². The second-order valence-corrected chi connectivity index (χ2v) is 8.91. The number of carbonyl (C=O) groups is 1. The van der Waals surface area contributed by atoms with Crippen LogP contribution in [0.2, 0.25) is 0 Å². The Morgan fingerprint density at radius 3 is 2.78 bits per heavy atom. The first kappa shape index (κ1) is 18.9. The maximum atomic E-state index is 13.9. The minimum Gasteiger partial charge on any atom is -0.342 e. The number of likely N-dealkylation sites (tertiary alicyclic amines) is 1. The molecule has 1 spiro atoms. The monoisotopic (exact) mass is 373 g/mol. The summed E-state index contributed by atoms with van der Waals surface area (Å²) in [6, 6.07) is 5.39. The third kappa shape index (κ3) is 4.04. The third-order valence-electron chi connectivity index (χ3n) is 7.03. The van der Waals surface area contributed by atoms with Gasteiger partial charge in [0.05, 0.1) is 0 Å². The van der Waals surface area contributed by atoms with Crippen LogP contribution in [0.15, 0.2) is 18.2 Å². The quantitative estimate of drug-likeness (QED) is 0.812. The van der Waals surface area contributed by atoms with Gasteiger partial charge in [-0.25, -0.2) is 4.39 Å². The van der Waals surface area contributed by atoms with Crippen molar-refractivity contribution >= 4 is 5.91 Å². The molecule has 0 bridgehead atoms. The minimum atomic E-state index is -0.118. The number of rotatable bonds is 4. The molecule has 2 heterocycles. The van der Waals surface area contributed by atoms with E-state index in [9.17, 15) is 9.18 Å². The van der Waals surface area contributed by atoms with Crippen molar-refractivity contribution in [2.75, 3.05) is 39.8 Å². The van der Waals surface area contributed by atoms with E-state index in [2.05, 4.69) is 21.7 Å². The fraction of sp³-hybridized carbons (Fsp3) is 0.682. The molecule has 0 aromatic heterocycles. The Hall–Kier alpha value is -1.46. The molecule has 1 saturated carbocycles. The van der Waals surface area contributed by atoms with E-state index in [1.165, 1.54) is 18.9 Å². The Bertz CT molecular complexity index is 705. The van der Waals surface area contributed by atoms with E-state index in [1.807, 2.05) is 19.1 Å². The topological polar surface area (TPSA) is 26.8 Å². The first-order chi connectivity index (χ1) is 13.0. The lowest BCUT2D eigenvalue weighted by Crippen LogP contribution is -2.60. The molecule has 27 heavy (non-hydrogen) atoms. The fourth-order valence-electron chi connectivity index (χ4n) is 4.78. The van der Waals surface area contributed by atoms with Gasteiger partial charge < -0.3 is 4.90 Å². The standard InChI is InChI=1S/C22H32FN3O/c1-17-19(4-3-5-20(17)23)15-25-13-12-24(2)22(16-25)9-8-21(27)26(11-10-22)14-18-6-7-18/h3-5,18H,6-16H2,1-2H3/t22-/m0/s1. The summed E-state index contributed by atoms with van der Waals surface area (Å²) in [6.07, 6.45) is 5.21. The van der Waals surface area contributed by atoms with Crippen LogP contribution in [0.3, 0.4) is 0 Å². The largest absolute Gasteiger partial charge is 0.342 e. The van der Waals surface area contributed by atoms with Crippen LogP contribution >= 0.6 is 0 Å². The summed E-state index contributed by atoms with van der Waals surface area (Å²) in [5.41, 5.74) is 1.90. The highest BCUT2D eigenvalue weighted by Crippen LogP contribution is 2.35. The number of nitrogens with zero attached hydrogens (tertiary/aromatic N) is 3. The van der Waals surface area contributed by atoms with Crippen molar-refractivity contribution in [2.24, 2.45) is 5.92 Å². The lowest BCUT2D eigenvalue weighted by Gasteiger charge is -2.49. The van der Waals surface area contributed by atoms with Crippen molar-refractivity contribution in [2.45, 2.75) is 51.1 Å². The van der Waals surface area contributed by atoms with Crippen LogP contribution in [0.5, 0.6) is 0 Å². The van der Waals surface area contributed by atoms with Crippen LogP contribution in [0.4, 0.5) is 4.39 Å². The number of carbonyl (C=O) groups excluding carboxylic acids is 1. The lowest BCUT2D eigenvalue weighted by molar-refractivity contribution is -0.131. The molecule has 1 aliphatic carbocycles. The molecule has 0 N–H and O–H groups in total. The molecule has 148 valence electrons. The van der Waals surface area contributed by atoms with Gasteiger partial charge in [0.15, 0.2) is 0 Å². The van der Waals surface area contributed by atoms with Crippen molar-refractivity contribution in [1.29, 1.82) is 0 Å². The highest BCUT2D eigenvalue weighted by Gasteiger charge is 2.42. The third-order valence-corrected chi connectivity index (χ3v) is 7.03. The lowest BCUT2D eigenvalue weighted by atomic mass is 9.86. The van der Waals surface area contributed by atoms with Gasteiger partial charge in [0.2, 0.25) is 5.91 Å². The maximum absolute atomic E-state index is 13.9. The molecule has 4 rings (SSSR count). The number of likely N-dealkylation sites (N-methyl/N-ethyl adjacent to an activating group) is 1. The van der Waals surface area contributed by atoms with Crippen molar-refractivity contribution in [3.05, 3.63) is 35.1 Å². The van der Waals surface area contributed by atoms with Gasteiger partial charge in [0.1, 0.15) is 5.82 Å². The molecular weight excluding hydrogens is 341 g/mol. The van der Waals surface area contributed by atoms with Crippen molar-refractivity contribution in [3.63, 3.8) is 0 Å². The molecule has 1 aromatic rings. The van der Waals surface area contributed by atoms with Crippen LogP contribution in [-0.4, -0.2) is 65.9 Å². The zero-order valence-corrected chi connectivity index (χ0v) is 16.7. The molecule has 0 radical (unpaired) electrons. The van der Waals surface area contributed by atoms with Gasteiger partial charge in [-0.15, -0.1) is 0 Å². The second-order valence-electron chi connectivity index (χ2n) is 8.91. The number of hydrogen-bond donors (Lipinski definition) is 0. The molecule has 4 nitrogen and oxygen atoms in total. The highest BCUT2D eigenvalue weighted by atomic mass is 19.1. The van der Waals surface area contributed by atoms with E-state index in [0.29, 0.717) is 12.3 Å².